The van der Waals surface area contributed by atoms with Crippen molar-refractivity contribution in [2.45, 2.75) is 31.6 Å². The van der Waals surface area contributed by atoms with E-state index in [0.717, 1.165) is 35.2 Å². The Hall–Kier alpha value is -3.13. The molecule has 1 saturated heterocycles. The van der Waals surface area contributed by atoms with Crippen LogP contribution in [0.5, 0.6) is 0 Å². The number of nitrogens with zero attached hydrogens (tertiary/aromatic N) is 5. The van der Waals surface area contributed by atoms with Crippen molar-refractivity contribution in [1.82, 2.24) is 24.6 Å². The Balaban J connectivity index is 1.22. The first kappa shape index (κ1) is 26.5. The Bertz CT molecular complexity index is 1330. The van der Waals surface area contributed by atoms with Crippen LogP contribution in [0.1, 0.15) is 29.7 Å². The maximum Gasteiger partial charge on any atom is 0.233 e. The predicted octanol–water partition coefficient (Wildman–Crippen LogP) is 5.95. The third-order valence-corrected chi connectivity index (χ3v) is 8.41. The molecule has 196 valence electrons. The molecule has 2 heterocycles. The van der Waals surface area contributed by atoms with Crippen LogP contribution >= 0.6 is 23.4 Å². The Labute approximate surface area is 233 Å². The first-order valence-electron chi connectivity index (χ1n) is 13.0. The first-order chi connectivity index (χ1) is 18.5. The summed E-state index contributed by atoms with van der Waals surface area (Å²) in [6.07, 6.45) is 0. The molecule has 1 aliphatic heterocycles. The van der Waals surface area contributed by atoms with Crippen LogP contribution in [0.4, 0.5) is 0 Å². The van der Waals surface area contributed by atoms with Gasteiger partial charge in [0.1, 0.15) is 0 Å². The van der Waals surface area contributed by atoms with E-state index in [1.807, 2.05) is 34.6 Å². The Morgan fingerprint density at radius 1 is 0.921 bits per heavy atom. The number of hydrogen-bond donors (Lipinski definition) is 0. The minimum absolute atomic E-state index is 0.135. The number of halogens is 1. The lowest BCUT2D eigenvalue weighted by molar-refractivity contribution is -0.130. The van der Waals surface area contributed by atoms with E-state index in [1.54, 1.807) is 0 Å². The number of thioether (sulfide) groups is 1. The van der Waals surface area contributed by atoms with Gasteiger partial charge in [0.05, 0.1) is 11.8 Å². The lowest BCUT2D eigenvalue weighted by Crippen LogP contribution is -2.50. The van der Waals surface area contributed by atoms with E-state index >= 15 is 0 Å². The average Bonchev–Trinajstić information content (AvgIpc) is 3.38. The van der Waals surface area contributed by atoms with Gasteiger partial charge >= 0.3 is 0 Å². The van der Waals surface area contributed by atoms with E-state index in [2.05, 4.69) is 82.7 Å². The predicted molar refractivity (Wildman–Crippen MR) is 154 cm³/mol. The summed E-state index contributed by atoms with van der Waals surface area (Å²) in [6.45, 7) is 7.83. The normalized spacial score (nSPS) is 14.3. The molecule has 1 aromatic heterocycles. The molecule has 3 aromatic carbocycles. The monoisotopic (exact) mass is 545 g/mol. The van der Waals surface area contributed by atoms with E-state index in [4.69, 9.17) is 11.6 Å². The lowest BCUT2D eigenvalue weighted by Gasteiger charge is -2.39. The largest absolute Gasteiger partial charge is 0.339 e. The summed E-state index contributed by atoms with van der Waals surface area (Å²) in [5.74, 6) is 1.25. The molecule has 5 rings (SSSR count). The topological polar surface area (TPSA) is 54.3 Å². The molecule has 1 fully saturated rings. The molecule has 38 heavy (non-hydrogen) atoms. The molecule has 0 bridgehead atoms. The van der Waals surface area contributed by atoms with Crippen LogP contribution in [0, 0.1) is 6.92 Å². The van der Waals surface area contributed by atoms with Gasteiger partial charge < -0.3 is 9.47 Å². The Kier molecular flexibility index (Phi) is 8.47. The fourth-order valence-electron chi connectivity index (χ4n) is 4.96. The van der Waals surface area contributed by atoms with Crippen LogP contribution in [0.25, 0.3) is 11.4 Å². The van der Waals surface area contributed by atoms with Crippen molar-refractivity contribution in [1.29, 1.82) is 0 Å². The number of piperazine rings is 1. The van der Waals surface area contributed by atoms with Crippen molar-refractivity contribution >= 4 is 29.3 Å². The van der Waals surface area contributed by atoms with Gasteiger partial charge in [-0.25, -0.2) is 0 Å². The number of rotatable bonds is 8. The zero-order valence-electron chi connectivity index (χ0n) is 21.8. The molecule has 1 amide bonds. The minimum Gasteiger partial charge on any atom is -0.339 e. The van der Waals surface area contributed by atoms with Crippen LogP contribution in [-0.2, 0) is 11.3 Å². The number of carbonyl (C=O) groups excluding carboxylic acids is 1. The number of aromatic nitrogens is 3. The highest BCUT2D eigenvalue weighted by molar-refractivity contribution is 7.99. The van der Waals surface area contributed by atoms with Gasteiger partial charge in [0.2, 0.25) is 5.91 Å². The van der Waals surface area contributed by atoms with Gasteiger partial charge in [-0.3, -0.25) is 9.69 Å². The zero-order chi connectivity index (χ0) is 26.5. The van der Waals surface area contributed by atoms with E-state index in [-0.39, 0.29) is 11.9 Å². The number of benzene rings is 3. The summed E-state index contributed by atoms with van der Waals surface area (Å²) >= 11 is 7.79. The number of carbonyl (C=O) groups is 1. The summed E-state index contributed by atoms with van der Waals surface area (Å²) in [7, 11) is 0. The maximum absolute atomic E-state index is 13.2. The summed E-state index contributed by atoms with van der Waals surface area (Å²) in [5.41, 5.74) is 4.50. The highest BCUT2D eigenvalue weighted by Crippen LogP contribution is 2.30. The minimum atomic E-state index is 0.135. The summed E-state index contributed by atoms with van der Waals surface area (Å²) in [6, 6.07) is 27.3. The molecule has 0 spiro atoms. The molecule has 4 aromatic rings. The molecular formula is C30H32ClN5OS. The molecule has 8 heteroatoms. The van der Waals surface area contributed by atoms with E-state index in [9.17, 15) is 4.79 Å². The molecule has 0 N–H and O–H groups in total. The van der Waals surface area contributed by atoms with E-state index < -0.39 is 0 Å². The van der Waals surface area contributed by atoms with Crippen LogP contribution in [0.15, 0.2) is 84.0 Å². The lowest BCUT2D eigenvalue weighted by atomic mass is 9.96. The van der Waals surface area contributed by atoms with Crippen molar-refractivity contribution < 1.29 is 4.79 Å². The molecule has 1 aliphatic rings. The zero-order valence-corrected chi connectivity index (χ0v) is 23.3. The number of amides is 1. The van der Waals surface area contributed by atoms with Gasteiger partial charge in [-0.2, -0.15) is 0 Å². The molecule has 0 unspecified atom stereocenters. The molecule has 0 atom stereocenters. The highest BCUT2D eigenvalue weighted by Gasteiger charge is 2.28. The van der Waals surface area contributed by atoms with Crippen molar-refractivity contribution in [2.75, 3.05) is 31.9 Å². The quantitative estimate of drug-likeness (QED) is 0.256. The van der Waals surface area contributed by atoms with E-state index in [0.29, 0.717) is 30.4 Å². The van der Waals surface area contributed by atoms with Gasteiger partial charge in [-0.15, -0.1) is 10.2 Å². The van der Waals surface area contributed by atoms with Crippen LogP contribution in [0.2, 0.25) is 5.02 Å². The van der Waals surface area contributed by atoms with Gasteiger partial charge in [-0.1, -0.05) is 96.2 Å². The van der Waals surface area contributed by atoms with Gasteiger partial charge in [0, 0.05) is 43.3 Å². The second-order valence-corrected chi connectivity index (χ2v) is 10.8. The second kappa shape index (κ2) is 12.2. The summed E-state index contributed by atoms with van der Waals surface area (Å²) in [5, 5.41) is 10.3. The van der Waals surface area contributed by atoms with Crippen molar-refractivity contribution in [2.24, 2.45) is 0 Å². The second-order valence-electron chi connectivity index (χ2n) is 9.44. The molecule has 0 radical (unpaired) electrons. The average molecular weight is 546 g/mol. The van der Waals surface area contributed by atoms with Gasteiger partial charge in [0.25, 0.3) is 0 Å². The van der Waals surface area contributed by atoms with E-state index in [1.165, 1.54) is 22.9 Å². The Morgan fingerprint density at radius 3 is 2.13 bits per heavy atom. The van der Waals surface area contributed by atoms with Crippen LogP contribution in [-0.4, -0.2) is 62.4 Å². The standard InChI is InChI=1S/C30H32ClN5OS/c1-3-36-29(25-15-14-22(2)26(31)20-25)32-33-30(36)38-21-27(37)34-16-18-35(19-17-34)28(23-10-6-4-7-11-23)24-12-8-5-9-13-24/h4-15,20,28H,3,16-19,21H2,1-2H3. The molecule has 6 nitrogen and oxygen atoms in total. The van der Waals surface area contributed by atoms with Crippen LogP contribution < -0.4 is 0 Å². The number of aryl methyl sites for hydroxylation is 1. The highest BCUT2D eigenvalue weighted by atomic mass is 35.5. The van der Waals surface area contributed by atoms with Crippen LogP contribution in [0.3, 0.4) is 0 Å². The fourth-order valence-corrected chi connectivity index (χ4v) is 6.04. The number of hydrogen-bond acceptors (Lipinski definition) is 5. The third kappa shape index (κ3) is 5.80. The van der Waals surface area contributed by atoms with Gasteiger partial charge in [-0.05, 0) is 36.6 Å². The third-order valence-electron chi connectivity index (χ3n) is 7.05. The molecule has 0 aliphatic carbocycles. The SMILES string of the molecule is CCn1c(SCC(=O)N2CCN(C(c3ccccc3)c3ccccc3)CC2)nnc1-c1ccc(C)c(Cl)c1. The van der Waals surface area contributed by atoms with Crippen molar-refractivity contribution in [3.05, 3.63) is 101 Å². The molecule has 0 saturated carbocycles. The summed E-state index contributed by atoms with van der Waals surface area (Å²) < 4.78 is 2.04. The Morgan fingerprint density at radius 2 is 1.55 bits per heavy atom. The van der Waals surface area contributed by atoms with Gasteiger partial charge in [0.15, 0.2) is 11.0 Å². The maximum atomic E-state index is 13.2. The molecular weight excluding hydrogens is 514 g/mol. The first-order valence-corrected chi connectivity index (χ1v) is 14.4. The van der Waals surface area contributed by atoms with Crippen molar-refractivity contribution in [3.63, 3.8) is 0 Å². The summed E-state index contributed by atoms with van der Waals surface area (Å²) in [4.78, 5) is 17.6. The fraction of sp³-hybridized carbons (Fsp3) is 0.300. The smallest absolute Gasteiger partial charge is 0.233 e. The van der Waals surface area contributed by atoms with Crippen molar-refractivity contribution in [3.8, 4) is 11.4 Å².